The molecule has 0 bridgehead atoms. The maximum atomic E-state index is 12.6. The number of aryl methyl sites for hydroxylation is 3. The summed E-state index contributed by atoms with van der Waals surface area (Å²) in [6.07, 6.45) is 1.37. The number of ether oxygens (including phenoxy) is 1. The molecule has 6 heteroatoms. The summed E-state index contributed by atoms with van der Waals surface area (Å²) >= 11 is 0. The third-order valence-corrected chi connectivity index (χ3v) is 4.28. The van der Waals surface area contributed by atoms with Gasteiger partial charge >= 0.3 is 0 Å². The van der Waals surface area contributed by atoms with Gasteiger partial charge in [0.1, 0.15) is 23.6 Å². The number of carbonyl (C=O) groups excluding carboxylic acids is 1. The lowest BCUT2D eigenvalue weighted by atomic mass is 10.1. The number of aromatic nitrogens is 2. The van der Waals surface area contributed by atoms with Gasteiger partial charge < -0.3 is 15.4 Å². The van der Waals surface area contributed by atoms with E-state index in [0.29, 0.717) is 17.3 Å². The molecule has 1 amide bonds. The highest BCUT2D eigenvalue weighted by Gasteiger charge is 2.12. The first-order valence-corrected chi connectivity index (χ1v) is 8.58. The predicted octanol–water partition coefficient (Wildman–Crippen LogP) is 4.41. The highest BCUT2D eigenvalue weighted by Crippen LogP contribution is 2.26. The van der Waals surface area contributed by atoms with Crippen molar-refractivity contribution in [3.8, 4) is 5.75 Å². The summed E-state index contributed by atoms with van der Waals surface area (Å²) in [7, 11) is 1.57. The molecule has 3 rings (SSSR count). The fourth-order valence-corrected chi connectivity index (χ4v) is 2.62. The molecular weight excluding hydrogens is 340 g/mol. The maximum Gasteiger partial charge on any atom is 0.274 e. The fourth-order valence-electron chi connectivity index (χ4n) is 2.62. The van der Waals surface area contributed by atoms with Crippen molar-refractivity contribution in [2.75, 3.05) is 17.7 Å². The Labute approximate surface area is 158 Å². The van der Waals surface area contributed by atoms with E-state index in [1.54, 1.807) is 13.2 Å². The number of methoxy groups -OCH3 is 1. The summed E-state index contributed by atoms with van der Waals surface area (Å²) in [5.74, 6) is 0.815. The van der Waals surface area contributed by atoms with Gasteiger partial charge in [0.25, 0.3) is 5.91 Å². The van der Waals surface area contributed by atoms with Crippen molar-refractivity contribution in [3.63, 3.8) is 0 Å². The van der Waals surface area contributed by atoms with Gasteiger partial charge in [-0.3, -0.25) is 4.79 Å². The second-order valence-electron chi connectivity index (χ2n) is 6.37. The summed E-state index contributed by atoms with van der Waals surface area (Å²) in [6, 6.07) is 13.3. The Morgan fingerprint density at radius 3 is 2.52 bits per heavy atom. The SMILES string of the molecule is COc1ccc(C)cc1NC(=O)c1cc(Nc2ccc(C)c(C)c2)ncn1. The number of nitrogens with one attached hydrogen (secondary N) is 2. The monoisotopic (exact) mass is 362 g/mol. The molecule has 27 heavy (non-hydrogen) atoms. The number of hydrogen-bond acceptors (Lipinski definition) is 5. The molecular formula is C21H22N4O2. The molecule has 0 aliphatic heterocycles. The van der Waals surface area contributed by atoms with E-state index in [1.165, 1.54) is 17.5 Å². The number of hydrogen-bond donors (Lipinski definition) is 2. The van der Waals surface area contributed by atoms with E-state index >= 15 is 0 Å². The summed E-state index contributed by atoms with van der Waals surface area (Å²) in [4.78, 5) is 20.9. The number of anilines is 3. The summed E-state index contributed by atoms with van der Waals surface area (Å²) in [5, 5.41) is 6.05. The molecule has 138 valence electrons. The van der Waals surface area contributed by atoms with E-state index in [1.807, 2.05) is 43.3 Å². The molecule has 3 aromatic rings. The maximum absolute atomic E-state index is 12.6. The Kier molecular flexibility index (Phi) is 5.35. The van der Waals surface area contributed by atoms with Gasteiger partial charge in [0, 0.05) is 11.8 Å². The largest absolute Gasteiger partial charge is 0.495 e. The average molecular weight is 362 g/mol. The van der Waals surface area contributed by atoms with Crippen molar-refractivity contribution in [2.24, 2.45) is 0 Å². The van der Waals surface area contributed by atoms with Crippen LogP contribution in [0.1, 0.15) is 27.2 Å². The van der Waals surface area contributed by atoms with Crippen LogP contribution in [0.5, 0.6) is 5.75 Å². The van der Waals surface area contributed by atoms with Crippen molar-refractivity contribution in [3.05, 3.63) is 71.2 Å². The van der Waals surface area contributed by atoms with Crippen LogP contribution in [0.3, 0.4) is 0 Å². The van der Waals surface area contributed by atoms with Gasteiger partial charge in [0.05, 0.1) is 12.8 Å². The minimum Gasteiger partial charge on any atom is -0.495 e. The third-order valence-electron chi connectivity index (χ3n) is 4.28. The highest BCUT2D eigenvalue weighted by molar-refractivity contribution is 6.04. The molecule has 0 unspecified atom stereocenters. The average Bonchev–Trinajstić information content (AvgIpc) is 2.65. The number of carbonyl (C=O) groups is 1. The zero-order chi connectivity index (χ0) is 19.4. The van der Waals surface area contributed by atoms with Crippen LogP contribution in [-0.2, 0) is 0 Å². The van der Waals surface area contributed by atoms with Gasteiger partial charge in [-0.05, 0) is 61.7 Å². The Morgan fingerprint density at radius 1 is 0.963 bits per heavy atom. The van der Waals surface area contributed by atoms with E-state index in [-0.39, 0.29) is 11.6 Å². The van der Waals surface area contributed by atoms with E-state index < -0.39 is 0 Å². The molecule has 0 fully saturated rings. The number of amides is 1. The highest BCUT2D eigenvalue weighted by atomic mass is 16.5. The minimum absolute atomic E-state index is 0.264. The van der Waals surface area contributed by atoms with E-state index in [4.69, 9.17) is 4.74 Å². The van der Waals surface area contributed by atoms with Crippen molar-refractivity contribution >= 4 is 23.1 Å². The molecule has 1 aromatic heterocycles. The van der Waals surface area contributed by atoms with Gasteiger partial charge in [-0.25, -0.2) is 9.97 Å². The second-order valence-corrected chi connectivity index (χ2v) is 6.37. The normalized spacial score (nSPS) is 10.4. The third kappa shape index (κ3) is 4.41. The number of benzene rings is 2. The first-order chi connectivity index (χ1) is 13.0. The first kappa shape index (κ1) is 18.4. The smallest absolute Gasteiger partial charge is 0.274 e. The number of nitrogens with zero attached hydrogens (tertiary/aromatic N) is 2. The number of rotatable bonds is 5. The van der Waals surface area contributed by atoms with Gasteiger partial charge in [0.2, 0.25) is 0 Å². The van der Waals surface area contributed by atoms with Gasteiger partial charge in [0.15, 0.2) is 0 Å². The van der Waals surface area contributed by atoms with Crippen molar-refractivity contribution in [1.29, 1.82) is 0 Å². The van der Waals surface area contributed by atoms with Crippen LogP contribution in [0.15, 0.2) is 48.8 Å². The molecule has 0 spiro atoms. The van der Waals surface area contributed by atoms with Crippen molar-refractivity contribution < 1.29 is 9.53 Å². The van der Waals surface area contributed by atoms with Crippen LogP contribution in [0.25, 0.3) is 0 Å². The summed E-state index contributed by atoms with van der Waals surface area (Å²) in [6.45, 7) is 6.06. The van der Waals surface area contributed by atoms with E-state index in [9.17, 15) is 4.79 Å². The standard InChI is InChI=1S/C21H22N4O2/c1-13-5-8-19(27-4)17(9-13)25-21(26)18-11-20(23-12-22-18)24-16-7-6-14(2)15(3)10-16/h5-12H,1-4H3,(H,25,26)(H,22,23,24). The van der Waals surface area contributed by atoms with Crippen LogP contribution in [-0.4, -0.2) is 23.0 Å². The second kappa shape index (κ2) is 7.86. The molecule has 1 heterocycles. The Morgan fingerprint density at radius 2 is 1.78 bits per heavy atom. The minimum atomic E-state index is -0.329. The van der Waals surface area contributed by atoms with E-state index in [2.05, 4.69) is 34.4 Å². The molecule has 0 atom stereocenters. The molecule has 2 aromatic carbocycles. The zero-order valence-electron chi connectivity index (χ0n) is 15.8. The summed E-state index contributed by atoms with van der Waals surface area (Å²) < 4.78 is 5.30. The van der Waals surface area contributed by atoms with Crippen LogP contribution < -0.4 is 15.4 Å². The Hall–Kier alpha value is -3.41. The lowest BCUT2D eigenvalue weighted by Gasteiger charge is -2.11. The van der Waals surface area contributed by atoms with Crippen LogP contribution in [0, 0.1) is 20.8 Å². The van der Waals surface area contributed by atoms with Crippen molar-refractivity contribution in [1.82, 2.24) is 9.97 Å². The molecule has 6 nitrogen and oxygen atoms in total. The van der Waals surface area contributed by atoms with E-state index in [0.717, 1.165) is 11.3 Å². The molecule has 0 aliphatic rings. The fraction of sp³-hybridized carbons (Fsp3) is 0.190. The van der Waals surface area contributed by atoms with Crippen LogP contribution >= 0.6 is 0 Å². The van der Waals surface area contributed by atoms with Crippen LogP contribution in [0.4, 0.5) is 17.2 Å². The first-order valence-electron chi connectivity index (χ1n) is 8.58. The molecule has 2 N–H and O–H groups in total. The quantitative estimate of drug-likeness (QED) is 0.703. The van der Waals surface area contributed by atoms with Crippen molar-refractivity contribution in [2.45, 2.75) is 20.8 Å². The predicted molar refractivity (Wildman–Crippen MR) is 107 cm³/mol. The molecule has 0 aliphatic carbocycles. The zero-order valence-corrected chi connectivity index (χ0v) is 15.8. The lowest BCUT2D eigenvalue weighted by molar-refractivity contribution is 0.102. The lowest BCUT2D eigenvalue weighted by Crippen LogP contribution is -2.15. The molecule has 0 saturated carbocycles. The van der Waals surface area contributed by atoms with Gasteiger partial charge in [-0.2, -0.15) is 0 Å². The van der Waals surface area contributed by atoms with Crippen LogP contribution in [0.2, 0.25) is 0 Å². The Balaban J connectivity index is 1.79. The topological polar surface area (TPSA) is 76.1 Å². The van der Waals surface area contributed by atoms with Gasteiger partial charge in [-0.1, -0.05) is 12.1 Å². The molecule has 0 saturated heterocycles. The van der Waals surface area contributed by atoms with Gasteiger partial charge in [-0.15, -0.1) is 0 Å². The summed E-state index contributed by atoms with van der Waals surface area (Å²) in [5.41, 5.74) is 5.19. The Bertz CT molecular complexity index is 986. The molecule has 0 radical (unpaired) electrons.